The van der Waals surface area contributed by atoms with Crippen LogP contribution in [0.4, 0.5) is 4.79 Å². The molecule has 56 heavy (non-hydrogen) atoms. The van der Waals surface area contributed by atoms with Crippen molar-refractivity contribution in [2.24, 2.45) is 0 Å². The van der Waals surface area contributed by atoms with Gasteiger partial charge in [-0.15, -0.1) is 0 Å². The highest BCUT2D eigenvalue weighted by molar-refractivity contribution is 6.92. The smallest absolute Gasteiger partial charge is 0.408 e. The Labute approximate surface area is 334 Å². The van der Waals surface area contributed by atoms with Crippen LogP contribution in [0.15, 0.2) is 121 Å². The van der Waals surface area contributed by atoms with Gasteiger partial charge in [0.15, 0.2) is 0 Å². The van der Waals surface area contributed by atoms with Crippen LogP contribution < -0.4 is 21.1 Å². The van der Waals surface area contributed by atoms with Gasteiger partial charge in [-0.1, -0.05) is 163 Å². The first-order valence-electron chi connectivity index (χ1n) is 19.3. The van der Waals surface area contributed by atoms with Gasteiger partial charge in [0.05, 0.1) is 0 Å². The van der Waals surface area contributed by atoms with E-state index in [2.05, 4.69) is 57.5 Å². The topological polar surface area (TPSA) is 123 Å². The van der Waals surface area contributed by atoms with Crippen molar-refractivity contribution in [1.82, 2.24) is 16.0 Å². The van der Waals surface area contributed by atoms with E-state index in [4.69, 9.17) is 9.16 Å². The molecule has 0 unspecified atom stereocenters. The number of benzene rings is 4. The van der Waals surface area contributed by atoms with Gasteiger partial charge in [-0.05, 0) is 52.7 Å². The van der Waals surface area contributed by atoms with E-state index < -0.39 is 66.0 Å². The van der Waals surface area contributed by atoms with E-state index in [0.29, 0.717) is 0 Å². The van der Waals surface area contributed by atoms with Crippen molar-refractivity contribution in [3.8, 4) is 0 Å². The molecule has 3 atom stereocenters. The zero-order valence-corrected chi connectivity index (χ0v) is 35.3. The molecule has 10 heteroatoms. The monoisotopic (exact) mass is 777 g/mol. The van der Waals surface area contributed by atoms with Crippen LogP contribution in [-0.2, 0) is 42.8 Å². The number of rotatable bonds is 14. The fourth-order valence-electron chi connectivity index (χ4n) is 7.41. The highest BCUT2D eigenvalue weighted by Gasteiger charge is 2.59. The first-order chi connectivity index (χ1) is 26.3. The highest BCUT2D eigenvalue weighted by Crippen LogP contribution is 2.51. The molecule has 0 saturated carbocycles. The summed E-state index contributed by atoms with van der Waals surface area (Å²) in [7, 11) is -3.19. The zero-order chi connectivity index (χ0) is 41.1. The Bertz CT molecular complexity index is 1870. The van der Waals surface area contributed by atoms with Gasteiger partial charge in [-0.2, -0.15) is 0 Å². The van der Waals surface area contributed by atoms with Gasteiger partial charge in [0.25, 0.3) is 8.32 Å². The lowest BCUT2D eigenvalue weighted by atomic mass is 10.0. The van der Waals surface area contributed by atoms with Crippen molar-refractivity contribution in [2.45, 2.75) is 115 Å². The Morgan fingerprint density at radius 1 is 0.500 bits per heavy atom. The average molecular weight is 778 g/mol. The summed E-state index contributed by atoms with van der Waals surface area (Å²) in [6, 6.07) is 34.8. The molecular weight excluding hydrogens is 719 g/mol. The maximum absolute atomic E-state index is 14.8. The summed E-state index contributed by atoms with van der Waals surface area (Å²) >= 11 is 0. The lowest BCUT2D eigenvalue weighted by Gasteiger charge is -2.50. The molecule has 0 aromatic heterocycles. The second-order valence-corrected chi connectivity index (χ2v) is 22.5. The van der Waals surface area contributed by atoms with Crippen LogP contribution in [0.2, 0.25) is 10.1 Å². The third-order valence-corrected chi connectivity index (χ3v) is 15.5. The molecule has 9 nitrogen and oxygen atoms in total. The molecule has 4 aromatic carbocycles. The standard InChI is InChI=1S/C46H59N3O6Si/c1-44(2,3)54-43(53)49-38(31-34-24-16-11-17-25-34)41(51)47-37(30-33-22-14-10-15-23-33)40(50)48-39(32-35-26-18-12-19-27-35)42(52)55-56(45(4,5)6,46(7,8)9)36-28-20-13-21-29-36/h10-29,37-39H,30-32H2,1-9H3,(H,47,51)(H,48,50)(H,49,53)/t37-,38-,39-/m0/s1. The summed E-state index contributed by atoms with van der Waals surface area (Å²) in [5.41, 5.74) is 1.64. The number of hydrogen-bond donors (Lipinski definition) is 3. The molecule has 4 aromatic rings. The number of ether oxygens (including phenoxy) is 1. The van der Waals surface area contributed by atoms with Crippen LogP contribution in [0.5, 0.6) is 0 Å². The summed E-state index contributed by atoms with van der Waals surface area (Å²) in [4.78, 5) is 56.5. The first-order valence-corrected chi connectivity index (χ1v) is 21.2. The predicted molar refractivity (Wildman–Crippen MR) is 225 cm³/mol. The number of hydrogen-bond acceptors (Lipinski definition) is 6. The Morgan fingerprint density at radius 2 is 0.839 bits per heavy atom. The molecular formula is C46H59N3O6Si. The Hall–Kier alpha value is -5.22. The van der Waals surface area contributed by atoms with Crippen molar-refractivity contribution in [3.05, 3.63) is 138 Å². The van der Waals surface area contributed by atoms with E-state index >= 15 is 0 Å². The lowest BCUT2D eigenvalue weighted by Crippen LogP contribution is -2.66. The molecule has 3 amide bonds. The van der Waals surface area contributed by atoms with Crippen molar-refractivity contribution >= 4 is 37.4 Å². The number of alkyl carbamates (subject to hydrolysis) is 1. The van der Waals surface area contributed by atoms with Crippen molar-refractivity contribution < 1.29 is 28.3 Å². The van der Waals surface area contributed by atoms with Gasteiger partial charge in [0.1, 0.15) is 23.7 Å². The van der Waals surface area contributed by atoms with Gasteiger partial charge in [0, 0.05) is 19.3 Å². The molecule has 298 valence electrons. The van der Waals surface area contributed by atoms with Gasteiger partial charge in [0.2, 0.25) is 11.8 Å². The summed E-state index contributed by atoms with van der Waals surface area (Å²) < 4.78 is 12.4. The second-order valence-electron chi connectivity index (χ2n) is 17.4. The predicted octanol–water partition coefficient (Wildman–Crippen LogP) is 7.57. The SMILES string of the molecule is CC(C)(C)OC(=O)N[C@@H](Cc1ccccc1)C(=O)N[C@@H](Cc1ccccc1)C(=O)N[C@@H](Cc1ccccc1)C(=O)O[Si](c1ccccc1)(C(C)(C)C)C(C)(C)C. The highest BCUT2D eigenvalue weighted by atomic mass is 28.4. The fraction of sp³-hybridized carbons (Fsp3) is 0.391. The van der Waals surface area contributed by atoms with Crippen LogP contribution in [0, 0.1) is 0 Å². The second kappa shape index (κ2) is 18.6. The van der Waals surface area contributed by atoms with E-state index in [9.17, 15) is 19.2 Å². The third kappa shape index (κ3) is 11.9. The van der Waals surface area contributed by atoms with Gasteiger partial charge in [-0.3, -0.25) is 14.4 Å². The van der Waals surface area contributed by atoms with Crippen LogP contribution in [0.25, 0.3) is 0 Å². The van der Waals surface area contributed by atoms with Crippen molar-refractivity contribution in [1.29, 1.82) is 0 Å². The zero-order valence-electron chi connectivity index (χ0n) is 34.3. The van der Waals surface area contributed by atoms with Gasteiger partial charge >= 0.3 is 12.1 Å². The number of carbonyl (C=O) groups excluding carboxylic acids is 4. The van der Waals surface area contributed by atoms with Crippen molar-refractivity contribution in [3.63, 3.8) is 0 Å². The van der Waals surface area contributed by atoms with Crippen LogP contribution >= 0.6 is 0 Å². The maximum Gasteiger partial charge on any atom is 0.408 e. The molecule has 0 bridgehead atoms. The number of nitrogens with one attached hydrogen (secondary N) is 3. The molecule has 0 saturated heterocycles. The Kier molecular flexibility index (Phi) is 14.5. The van der Waals surface area contributed by atoms with E-state index in [1.165, 1.54) is 0 Å². The molecule has 0 aliphatic heterocycles. The van der Waals surface area contributed by atoms with Gasteiger partial charge in [-0.25, -0.2) is 4.79 Å². The molecule has 0 aliphatic rings. The quantitative estimate of drug-likeness (QED) is 0.114. The lowest BCUT2D eigenvalue weighted by molar-refractivity contribution is -0.141. The summed E-state index contributed by atoms with van der Waals surface area (Å²) in [6.45, 7) is 17.9. The minimum Gasteiger partial charge on any atom is -0.512 e. The van der Waals surface area contributed by atoms with E-state index in [1.807, 2.05) is 121 Å². The van der Waals surface area contributed by atoms with Crippen LogP contribution in [-0.4, -0.2) is 55.9 Å². The molecule has 0 spiro atoms. The third-order valence-electron chi connectivity index (χ3n) is 9.64. The average Bonchev–Trinajstić information content (AvgIpc) is 3.12. The molecule has 0 radical (unpaired) electrons. The van der Waals surface area contributed by atoms with E-state index in [-0.39, 0.29) is 19.3 Å². The Morgan fingerprint density at radius 3 is 1.21 bits per heavy atom. The van der Waals surface area contributed by atoms with Crippen molar-refractivity contribution in [2.75, 3.05) is 0 Å². The molecule has 3 N–H and O–H groups in total. The molecule has 0 heterocycles. The molecule has 0 aliphatic carbocycles. The largest absolute Gasteiger partial charge is 0.512 e. The summed E-state index contributed by atoms with van der Waals surface area (Å²) in [6.07, 6.45) is -0.308. The number of carbonyl (C=O) groups is 4. The van der Waals surface area contributed by atoms with E-state index in [1.54, 1.807) is 20.8 Å². The molecule has 4 rings (SSSR count). The fourth-order valence-corrected chi connectivity index (χ4v) is 13.2. The van der Waals surface area contributed by atoms with Crippen LogP contribution in [0.3, 0.4) is 0 Å². The van der Waals surface area contributed by atoms with Gasteiger partial charge < -0.3 is 25.1 Å². The normalized spacial score (nSPS) is 13.7. The summed E-state index contributed by atoms with van der Waals surface area (Å²) in [5, 5.41) is 8.77. The van der Waals surface area contributed by atoms with E-state index in [0.717, 1.165) is 21.9 Å². The molecule has 0 fully saturated rings. The maximum atomic E-state index is 14.8. The Balaban J connectivity index is 1.71. The van der Waals surface area contributed by atoms with Crippen LogP contribution in [0.1, 0.15) is 79.0 Å². The first kappa shape index (κ1) is 43.5. The minimum absolute atomic E-state index is 0.128. The number of amides is 3. The minimum atomic E-state index is -3.19. The summed E-state index contributed by atoms with van der Waals surface area (Å²) in [5.74, 6) is -1.68.